The highest BCUT2D eigenvalue weighted by atomic mass is 16.6. The molecule has 0 amide bonds. The van der Waals surface area contributed by atoms with E-state index in [1.165, 1.54) is 13.1 Å². The van der Waals surface area contributed by atoms with Gasteiger partial charge in [-0.2, -0.15) is 5.26 Å². The lowest BCUT2D eigenvalue weighted by molar-refractivity contribution is -0.128. The van der Waals surface area contributed by atoms with Crippen molar-refractivity contribution < 1.29 is 9.63 Å². The molecule has 6 nitrogen and oxygen atoms in total. The average Bonchev–Trinajstić information content (AvgIpc) is 2.38. The van der Waals surface area contributed by atoms with Crippen LogP contribution in [-0.2, 0) is 9.63 Å². The number of hydrogen-bond acceptors (Lipinski definition) is 6. The topological polar surface area (TPSA) is 87.4 Å². The Labute approximate surface area is 105 Å². The van der Waals surface area contributed by atoms with Crippen molar-refractivity contribution in [2.24, 2.45) is 5.16 Å². The van der Waals surface area contributed by atoms with Crippen molar-refractivity contribution in [1.82, 2.24) is 4.98 Å². The van der Waals surface area contributed by atoms with Gasteiger partial charge in [-0.3, -0.25) is 4.79 Å². The molecule has 1 N–H and O–H groups in total. The van der Waals surface area contributed by atoms with Crippen LogP contribution in [0.25, 0.3) is 0 Å². The Balaban J connectivity index is 2.42. The van der Waals surface area contributed by atoms with Crippen LogP contribution < -0.4 is 5.32 Å². The van der Waals surface area contributed by atoms with Crippen molar-refractivity contribution in [2.75, 3.05) is 11.9 Å². The average molecular weight is 246 g/mol. The van der Waals surface area contributed by atoms with Crippen LogP contribution in [0.2, 0.25) is 0 Å². The third-order valence-electron chi connectivity index (χ3n) is 2.26. The molecule has 1 heterocycles. The van der Waals surface area contributed by atoms with E-state index in [1.54, 1.807) is 12.1 Å². The van der Waals surface area contributed by atoms with E-state index in [4.69, 9.17) is 10.1 Å². The third kappa shape index (κ3) is 4.22. The number of nitrogens with zero attached hydrogens (tertiary/aromatic N) is 3. The zero-order valence-electron chi connectivity index (χ0n) is 10.1. The summed E-state index contributed by atoms with van der Waals surface area (Å²) in [6.07, 6.45) is 1.36. The summed E-state index contributed by atoms with van der Waals surface area (Å²) in [4.78, 5) is 20.0. The number of nitriles is 1. The Morgan fingerprint density at radius 2 is 2.50 bits per heavy atom. The van der Waals surface area contributed by atoms with Crippen LogP contribution in [0.4, 0.5) is 5.82 Å². The van der Waals surface area contributed by atoms with Crippen LogP contribution in [0.3, 0.4) is 0 Å². The van der Waals surface area contributed by atoms with Gasteiger partial charge in [0.2, 0.25) is 0 Å². The summed E-state index contributed by atoms with van der Waals surface area (Å²) in [6.45, 7) is 5.13. The van der Waals surface area contributed by atoms with E-state index >= 15 is 0 Å². The third-order valence-corrected chi connectivity index (χ3v) is 2.26. The van der Waals surface area contributed by atoms with E-state index in [9.17, 15) is 4.79 Å². The number of Topliss-reactive ketones (excluding diaryl/α,β-unsaturated/α-hetero) is 1. The highest BCUT2D eigenvalue weighted by Crippen LogP contribution is 2.06. The first-order valence-electron chi connectivity index (χ1n) is 5.39. The Morgan fingerprint density at radius 1 is 1.72 bits per heavy atom. The lowest BCUT2D eigenvalue weighted by atomic mass is 10.2. The lowest BCUT2D eigenvalue weighted by Gasteiger charge is -2.12. The number of anilines is 1. The second kappa shape index (κ2) is 7.01. The fourth-order valence-corrected chi connectivity index (χ4v) is 1.32. The minimum absolute atomic E-state index is 0.100. The molecule has 1 atom stereocenters. The predicted molar refractivity (Wildman–Crippen MR) is 67.2 cm³/mol. The SMILES string of the molecule is C=NO[C@H](CCNc1ccc(C#N)cn1)C(C)=O. The van der Waals surface area contributed by atoms with Crippen molar-refractivity contribution in [3.8, 4) is 6.07 Å². The van der Waals surface area contributed by atoms with Crippen molar-refractivity contribution in [3.63, 3.8) is 0 Å². The molecular weight excluding hydrogens is 232 g/mol. The van der Waals surface area contributed by atoms with E-state index in [-0.39, 0.29) is 5.78 Å². The molecule has 0 radical (unpaired) electrons. The van der Waals surface area contributed by atoms with Gasteiger partial charge in [-0.15, -0.1) is 5.16 Å². The summed E-state index contributed by atoms with van der Waals surface area (Å²) in [6, 6.07) is 5.35. The van der Waals surface area contributed by atoms with Crippen molar-refractivity contribution in [3.05, 3.63) is 23.9 Å². The zero-order chi connectivity index (χ0) is 13.4. The minimum Gasteiger partial charge on any atom is -0.385 e. The van der Waals surface area contributed by atoms with Gasteiger partial charge in [0.25, 0.3) is 0 Å². The van der Waals surface area contributed by atoms with Crippen LogP contribution >= 0.6 is 0 Å². The number of rotatable bonds is 7. The molecule has 18 heavy (non-hydrogen) atoms. The smallest absolute Gasteiger partial charge is 0.186 e. The first kappa shape index (κ1) is 13.6. The molecule has 0 spiro atoms. The fraction of sp³-hybridized carbons (Fsp3) is 0.333. The van der Waals surface area contributed by atoms with Gasteiger partial charge < -0.3 is 10.2 Å². The molecule has 1 aromatic heterocycles. The molecule has 0 bridgehead atoms. The van der Waals surface area contributed by atoms with Crippen LogP contribution in [0.1, 0.15) is 18.9 Å². The second-order valence-electron chi connectivity index (χ2n) is 3.59. The number of carbonyl (C=O) groups excluding carboxylic acids is 1. The van der Waals surface area contributed by atoms with Crippen molar-refractivity contribution >= 4 is 18.3 Å². The van der Waals surface area contributed by atoms with Gasteiger partial charge >= 0.3 is 0 Å². The first-order valence-corrected chi connectivity index (χ1v) is 5.39. The Bertz CT molecular complexity index is 450. The normalized spacial score (nSPS) is 11.1. The summed E-state index contributed by atoms with van der Waals surface area (Å²) in [5, 5.41) is 14.9. The van der Waals surface area contributed by atoms with Gasteiger partial charge in [0.1, 0.15) is 11.9 Å². The van der Waals surface area contributed by atoms with E-state index in [0.29, 0.717) is 24.3 Å². The monoisotopic (exact) mass is 246 g/mol. The van der Waals surface area contributed by atoms with E-state index in [2.05, 4.69) is 22.2 Å². The maximum absolute atomic E-state index is 11.2. The van der Waals surface area contributed by atoms with Crippen molar-refractivity contribution in [2.45, 2.75) is 19.4 Å². The van der Waals surface area contributed by atoms with Gasteiger partial charge in [-0.25, -0.2) is 4.98 Å². The van der Waals surface area contributed by atoms with Crippen LogP contribution in [0.5, 0.6) is 0 Å². The number of ketones is 1. The van der Waals surface area contributed by atoms with Gasteiger partial charge in [0, 0.05) is 25.9 Å². The molecule has 1 rings (SSSR count). The predicted octanol–water partition coefficient (Wildman–Crippen LogP) is 1.35. The number of nitrogens with one attached hydrogen (secondary N) is 1. The number of carbonyl (C=O) groups is 1. The molecule has 0 saturated heterocycles. The summed E-state index contributed by atoms with van der Waals surface area (Å²) >= 11 is 0. The molecule has 0 unspecified atom stereocenters. The molecular formula is C12H14N4O2. The van der Waals surface area contributed by atoms with E-state index in [1.807, 2.05) is 6.07 Å². The van der Waals surface area contributed by atoms with Gasteiger partial charge in [0.15, 0.2) is 11.9 Å². The second-order valence-corrected chi connectivity index (χ2v) is 3.59. The maximum Gasteiger partial charge on any atom is 0.186 e. The summed E-state index contributed by atoms with van der Waals surface area (Å²) < 4.78 is 0. The van der Waals surface area contributed by atoms with Gasteiger partial charge in [0.05, 0.1) is 5.56 Å². The number of oxime groups is 1. The standard InChI is InChI=1S/C12H14N4O2/c1-9(17)11(18-14-2)5-6-15-12-4-3-10(7-13)8-16-12/h3-4,8,11H,2,5-6H2,1H3,(H,15,16)/t11-/m1/s1. The molecule has 0 aromatic carbocycles. The summed E-state index contributed by atoms with van der Waals surface area (Å²) in [7, 11) is 0. The van der Waals surface area contributed by atoms with Gasteiger partial charge in [-0.1, -0.05) is 0 Å². The lowest BCUT2D eigenvalue weighted by Crippen LogP contribution is -2.23. The first-order chi connectivity index (χ1) is 8.67. The number of aromatic nitrogens is 1. The van der Waals surface area contributed by atoms with E-state index in [0.717, 1.165) is 0 Å². The van der Waals surface area contributed by atoms with Gasteiger partial charge in [-0.05, 0) is 19.1 Å². The van der Waals surface area contributed by atoms with E-state index < -0.39 is 6.10 Å². The molecule has 0 aliphatic carbocycles. The highest BCUT2D eigenvalue weighted by Gasteiger charge is 2.14. The number of pyridine rings is 1. The molecule has 0 aliphatic heterocycles. The molecule has 0 aliphatic rings. The molecule has 94 valence electrons. The number of hydrogen-bond donors (Lipinski definition) is 1. The minimum atomic E-state index is -0.589. The summed E-state index contributed by atoms with van der Waals surface area (Å²) in [5.74, 6) is 0.542. The Morgan fingerprint density at radius 3 is 3.00 bits per heavy atom. The van der Waals surface area contributed by atoms with Crippen LogP contribution in [0.15, 0.2) is 23.5 Å². The summed E-state index contributed by atoms with van der Waals surface area (Å²) in [5.41, 5.74) is 0.501. The highest BCUT2D eigenvalue weighted by molar-refractivity contribution is 5.80. The molecule has 1 aromatic rings. The fourth-order valence-electron chi connectivity index (χ4n) is 1.32. The Hall–Kier alpha value is -2.42. The molecule has 6 heteroatoms. The van der Waals surface area contributed by atoms with Crippen molar-refractivity contribution in [1.29, 1.82) is 5.26 Å². The zero-order valence-corrected chi connectivity index (χ0v) is 10.1. The maximum atomic E-state index is 11.2. The largest absolute Gasteiger partial charge is 0.385 e. The molecule has 0 fully saturated rings. The van der Waals surface area contributed by atoms with Crippen LogP contribution in [-0.4, -0.2) is 30.1 Å². The quantitative estimate of drug-likeness (QED) is 0.579. The Kier molecular flexibility index (Phi) is 5.32. The molecule has 0 saturated carbocycles. The van der Waals surface area contributed by atoms with Crippen LogP contribution in [0, 0.1) is 11.3 Å².